The molecule has 0 aliphatic carbocycles. The Morgan fingerprint density at radius 3 is 1.12 bits per heavy atom. The van der Waals surface area contributed by atoms with Crippen LogP contribution in [0, 0.1) is 0 Å². The van der Waals surface area contributed by atoms with Crippen LogP contribution in [-0.4, -0.2) is 74.2 Å². The predicted molar refractivity (Wildman–Crippen MR) is 167 cm³/mol. The number of hydrogen-bond donors (Lipinski definition) is 0. The smallest absolute Gasteiger partial charge is 0.243 e. The van der Waals surface area contributed by atoms with Gasteiger partial charge in [0.2, 0.25) is 12.1 Å². The summed E-state index contributed by atoms with van der Waals surface area (Å²) in [6.07, 6.45) is 6.62. The van der Waals surface area contributed by atoms with Gasteiger partial charge in [-0.2, -0.15) is 0 Å². The average Bonchev–Trinajstić information content (AvgIpc) is 2.98. The minimum Gasteiger partial charge on any atom is -0.500 e. The van der Waals surface area contributed by atoms with Crippen molar-refractivity contribution < 1.29 is 49.9 Å². The van der Waals surface area contributed by atoms with Gasteiger partial charge in [-0.3, -0.25) is 9.59 Å². The molecular formula is C32H44Cl2N2O4Ti+2. The Bertz CT molecular complexity index is 1120. The summed E-state index contributed by atoms with van der Waals surface area (Å²) < 4.78 is 14.9. The fraction of sp³-hybridized carbons (Fsp3) is 0.375. The molecule has 2 atom stereocenters. The van der Waals surface area contributed by atoms with Gasteiger partial charge in [0, 0.05) is 45.6 Å². The quantitative estimate of drug-likeness (QED) is 0.0693. The van der Waals surface area contributed by atoms with Crippen LogP contribution in [0.5, 0.6) is 0 Å². The third kappa shape index (κ3) is 12.5. The van der Waals surface area contributed by atoms with E-state index in [1.165, 1.54) is 26.6 Å². The molecule has 2 aromatic rings. The number of rotatable bonds is 11. The Balaban J connectivity index is 0. The van der Waals surface area contributed by atoms with Crippen LogP contribution in [0.1, 0.15) is 50.9 Å². The molecule has 0 fully saturated rings. The molecular weight excluding hydrogens is 595 g/mol. The molecule has 0 aliphatic rings. The molecule has 2 rings (SSSR count). The van der Waals surface area contributed by atoms with E-state index in [0.29, 0.717) is 22.7 Å². The Labute approximate surface area is 271 Å². The van der Waals surface area contributed by atoms with E-state index in [0.717, 1.165) is 11.1 Å². The van der Waals surface area contributed by atoms with Crippen molar-refractivity contribution in [1.29, 1.82) is 0 Å². The van der Waals surface area contributed by atoms with E-state index in [-0.39, 0.29) is 45.4 Å². The van der Waals surface area contributed by atoms with E-state index < -0.39 is 0 Å². The Kier molecular flexibility index (Phi) is 21.9. The van der Waals surface area contributed by atoms with Crippen molar-refractivity contribution in [2.45, 2.75) is 39.8 Å². The fourth-order valence-electron chi connectivity index (χ4n) is 4.23. The molecule has 0 bridgehead atoms. The van der Waals surface area contributed by atoms with Crippen molar-refractivity contribution in [3.63, 3.8) is 0 Å². The molecule has 9 heteroatoms. The van der Waals surface area contributed by atoms with Gasteiger partial charge in [-0.05, 0) is 27.7 Å². The number of ether oxygens (including phenoxy) is 2. The first-order valence-electron chi connectivity index (χ1n) is 12.6. The van der Waals surface area contributed by atoms with Crippen LogP contribution in [0.3, 0.4) is 0 Å². The number of benzene rings is 2. The monoisotopic (exact) mass is 638 g/mol. The fourth-order valence-corrected chi connectivity index (χ4v) is 4.23. The summed E-state index contributed by atoms with van der Waals surface area (Å²) in [4.78, 5) is 24.9. The van der Waals surface area contributed by atoms with Gasteiger partial charge in [0.05, 0.1) is 14.2 Å². The van der Waals surface area contributed by atoms with Crippen molar-refractivity contribution in [2.24, 2.45) is 0 Å². The van der Waals surface area contributed by atoms with E-state index in [2.05, 4.69) is 47.5 Å². The Morgan fingerprint density at radius 1 is 0.634 bits per heavy atom. The summed E-state index contributed by atoms with van der Waals surface area (Å²) in [5, 5.41) is 0. The van der Waals surface area contributed by atoms with Crippen LogP contribution in [0.25, 0.3) is 0 Å². The molecule has 2 aromatic carbocycles. The number of carbonyl (C=O) groups is 2. The van der Waals surface area contributed by atoms with Crippen LogP contribution in [0.2, 0.25) is 0 Å². The van der Waals surface area contributed by atoms with Crippen LogP contribution < -0.4 is 0 Å². The maximum absolute atomic E-state index is 12.5. The molecule has 0 spiro atoms. The molecule has 0 aromatic heterocycles. The number of carbonyl (C=O) groups excluding carboxylic acids is 2. The normalized spacial score (nSPS) is 13.8. The molecule has 222 valence electrons. The third-order valence-corrected chi connectivity index (χ3v) is 6.25. The number of ketones is 2. The molecule has 0 saturated carbocycles. The van der Waals surface area contributed by atoms with Gasteiger partial charge in [0.15, 0.2) is 24.0 Å². The summed E-state index contributed by atoms with van der Waals surface area (Å²) in [6.45, 7) is 6.63. The van der Waals surface area contributed by atoms with Gasteiger partial charge >= 0.3 is 0 Å². The van der Waals surface area contributed by atoms with Gasteiger partial charge in [0.25, 0.3) is 0 Å². The van der Waals surface area contributed by atoms with Crippen molar-refractivity contribution in [3.8, 4) is 0 Å². The Morgan fingerprint density at radius 2 is 0.902 bits per heavy atom. The van der Waals surface area contributed by atoms with Gasteiger partial charge in [0.1, 0.15) is 36.8 Å². The number of hydrogen-bond acceptors (Lipinski definition) is 4. The summed E-state index contributed by atoms with van der Waals surface area (Å²) in [6, 6.07) is 19.8. The van der Waals surface area contributed by atoms with Gasteiger partial charge in [-0.1, -0.05) is 60.7 Å². The van der Waals surface area contributed by atoms with Gasteiger partial charge in [-0.15, -0.1) is 23.2 Å². The first-order valence-corrected chi connectivity index (χ1v) is 14.1. The van der Waals surface area contributed by atoms with E-state index in [1.54, 1.807) is 28.1 Å². The van der Waals surface area contributed by atoms with Crippen LogP contribution in [-0.2, 0) is 40.8 Å². The number of nitrogens with zero attached hydrogens (tertiary/aromatic N) is 2. The minimum atomic E-state index is -0.218. The van der Waals surface area contributed by atoms with Crippen molar-refractivity contribution >= 4 is 47.2 Å². The zero-order valence-corrected chi connectivity index (χ0v) is 28.9. The molecule has 0 radical (unpaired) electrons. The molecule has 0 saturated heterocycles. The number of allylic oxidation sites excluding steroid dienone is 4. The first-order chi connectivity index (χ1) is 19.1. The third-order valence-electron chi connectivity index (χ3n) is 6.25. The minimum absolute atomic E-state index is 0. The molecule has 6 nitrogen and oxygen atoms in total. The maximum atomic E-state index is 12.5. The van der Waals surface area contributed by atoms with Crippen LogP contribution in [0.4, 0.5) is 0 Å². The number of methoxy groups -OCH3 is 2. The molecule has 2 unspecified atom stereocenters. The van der Waals surface area contributed by atoms with Gasteiger partial charge < -0.3 is 9.47 Å². The first kappa shape index (κ1) is 40.6. The zero-order valence-electron chi connectivity index (χ0n) is 25.9. The van der Waals surface area contributed by atoms with Crippen molar-refractivity contribution in [1.82, 2.24) is 0 Å². The summed E-state index contributed by atoms with van der Waals surface area (Å²) >= 11 is 9.28. The second-order valence-corrected chi connectivity index (χ2v) is 8.76. The van der Waals surface area contributed by atoms with Crippen LogP contribution in [0.15, 0.2) is 83.3 Å². The predicted octanol–water partition coefficient (Wildman–Crippen LogP) is 6.62. The van der Waals surface area contributed by atoms with E-state index in [1.807, 2.05) is 72.1 Å². The molecule has 0 aliphatic heterocycles. The topological polar surface area (TPSA) is 58.6 Å². The van der Waals surface area contributed by atoms with E-state index in [4.69, 9.17) is 9.47 Å². The number of likely N-dealkylation sites (N-methyl/N-ethyl adjacent to an activating group) is 2. The standard InChI is InChI=1S/C30H38N2O4.2CH3Cl.Ti/c1-21(33)27(23(3)35-7)19-31(5)29(25-15-11-9-12-16-25)30(26-17-13-10-14-18-26)32(6)20-28(22(2)34)24(4)36-8;2*1-2;/h9-20,29-30H,1-8H3;2*1H3;/q+2;;;/b27-23+,28-24+,31-19?,32-20?;;;. The summed E-state index contributed by atoms with van der Waals surface area (Å²) in [5.41, 5.74) is 3.11. The zero-order chi connectivity index (χ0) is 30.8. The maximum Gasteiger partial charge on any atom is 0.243 e. The largest absolute Gasteiger partial charge is 0.500 e. The van der Waals surface area contributed by atoms with Gasteiger partial charge in [-0.25, -0.2) is 9.15 Å². The van der Waals surface area contributed by atoms with E-state index >= 15 is 0 Å². The number of halogens is 2. The second-order valence-electron chi connectivity index (χ2n) is 8.76. The van der Waals surface area contributed by atoms with E-state index in [9.17, 15) is 9.59 Å². The average molecular weight is 639 g/mol. The van der Waals surface area contributed by atoms with Crippen molar-refractivity contribution in [3.05, 3.63) is 94.5 Å². The van der Waals surface area contributed by atoms with Crippen LogP contribution >= 0.6 is 23.2 Å². The summed E-state index contributed by atoms with van der Waals surface area (Å²) in [5.74, 6) is 0.938. The molecule has 0 heterocycles. The molecule has 41 heavy (non-hydrogen) atoms. The van der Waals surface area contributed by atoms with Crippen molar-refractivity contribution in [2.75, 3.05) is 41.1 Å². The molecule has 0 amide bonds. The Hall–Kier alpha value is -2.51. The number of Topliss-reactive ketones (excluding diaryl/α,β-unsaturated/α-hetero) is 2. The SMILES string of the molecule is CCl.CCl.CO/C(C)=C(\C=[N+](C)C(c1ccccc1)C(c1ccccc1)[N+](C)=C/C(C(C)=O)=C(/C)OC)C(C)=O.[Ti]. The molecule has 0 N–H and O–H groups in total. The second kappa shape index (κ2) is 22.1. The number of alkyl halides is 2. The summed E-state index contributed by atoms with van der Waals surface area (Å²) in [7, 11) is 7.03.